The SMILES string of the molecule is c1c[nH]c(N2NC(c3ccon3)=C(c3ncco3)S2(c2cn[nH]n2)(c2nn[nH]n2)(c2ccn[nH]2)c2ncc[nH]2)c1. The maximum Gasteiger partial charge on any atom is 0.237 e. The van der Waals surface area contributed by atoms with Crippen LogP contribution in [0.25, 0.3) is 10.6 Å². The molecule has 0 atom stereocenters. The van der Waals surface area contributed by atoms with Crippen molar-refractivity contribution < 1.29 is 8.94 Å². The molecular weight excluding hydrogens is 540 g/mol. The fraction of sp³-hybridized carbons (Fsp3) is 0. The van der Waals surface area contributed by atoms with Crippen molar-refractivity contribution in [2.24, 2.45) is 0 Å². The van der Waals surface area contributed by atoms with Gasteiger partial charge in [-0.3, -0.25) is 10.5 Å². The predicted molar refractivity (Wildman–Crippen MR) is 135 cm³/mol. The van der Waals surface area contributed by atoms with Gasteiger partial charge in [0.25, 0.3) is 0 Å². The standard InChI is InChI=1S/C21H18N16O2S/c1-2-14(22-5-1)37-32-17(13-4-10-39-33-13)18(19-23-9-11-38-19)40(37,15-3-6-26-28-15,16-12-27-34-29-16,20-24-7-8-25-20)21-30-35-36-31-21/h1-12,22,32H,(H,24,25)(H,26,28)(H,27,29,34)(H,30,31,35,36). The lowest BCUT2D eigenvalue weighted by atomic mass is 10.3. The van der Waals surface area contributed by atoms with Crippen LogP contribution in [0, 0.1) is 0 Å². The molecule has 0 spiro atoms. The minimum atomic E-state index is -5.44. The summed E-state index contributed by atoms with van der Waals surface area (Å²) in [5.74, 6) is 0.739. The number of hydrogen-bond acceptors (Lipinski definition) is 13. The number of nitrogens with one attached hydrogen (secondary N) is 6. The zero-order chi connectivity index (χ0) is 26.7. The first kappa shape index (κ1) is 22.0. The van der Waals surface area contributed by atoms with Gasteiger partial charge in [-0.25, -0.2) is 14.4 Å². The van der Waals surface area contributed by atoms with Crippen molar-refractivity contribution in [3.63, 3.8) is 0 Å². The summed E-state index contributed by atoms with van der Waals surface area (Å²) in [7, 11) is -5.44. The number of aromatic nitrogens is 14. The number of oxazole rings is 1. The van der Waals surface area contributed by atoms with Crippen LogP contribution in [0.2, 0.25) is 0 Å². The monoisotopic (exact) mass is 558 g/mol. The molecule has 40 heavy (non-hydrogen) atoms. The van der Waals surface area contributed by atoms with Crippen molar-refractivity contribution in [3.05, 3.63) is 85.6 Å². The average Bonchev–Trinajstić information content (AvgIpc) is 3.84. The predicted octanol–water partition coefficient (Wildman–Crippen LogP) is 1.95. The molecule has 18 nitrogen and oxygen atoms in total. The molecule has 0 saturated carbocycles. The molecule has 0 aliphatic carbocycles. The number of hydrazine groups is 1. The molecule has 19 heteroatoms. The molecule has 1 aliphatic heterocycles. The minimum Gasteiger partial charge on any atom is -0.444 e. The topological polar surface area (TPSA) is 237 Å². The molecule has 6 N–H and O–H groups in total. The van der Waals surface area contributed by atoms with Crippen molar-refractivity contribution in [1.82, 2.24) is 76.8 Å². The molecule has 0 fully saturated rings. The van der Waals surface area contributed by atoms with E-state index >= 15 is 0 Å². The number of hydrogen-bond donors (Lipinski definition) is 6. The van der Waals surface area contributed by atoms with Crippen molar-refractivity contribution in [2.45, 2.75) is 20.4 Å². The van der Waals surface area contributed by atoms with Crippen LogP contribution in [0.4, 0.5) is 5.82 Å². The molecule has 0 amide bonds. The Morgan fingerprint density at radius 2 is 1.90 bits per heavy atom. The van der Waals surface area contributed by atoms with Gasteiger partial charge in [0.1, 0.15) is 39.7 Å². The molecular formula is C21H18N16O2S. The lowest BCUT2D eigenvalue weighted by molar-refractivity contribution is 0.417. The van der Waals surface area contributed by atoms with Gasteiger partial charge in [-0.1, -0.05) is 5.16 Å². The van der Waals surface area contributed by atoms with E-state index in [1.54, 1.807) is 43.1 Å². The summed E-state index contributed by atoms with van der Waals surface area (Å²) in [4.78, 5) is 16.7. The maximum atomic E-state index is 6.11. The normalized spacial score (nSPS) is 19.1. The number of tetrazole rings is 1. The van der Waals surface area contributed by atoms with E-state index in [-0.39, 0.29) is 11.0 Å². The van der Waals surface area contributed by atoms with E-state index < -0.39 is 8.48 Å². The summed E-state index contributed by atoms with van der Waals surface area (Å²) in [6, 6.07) is 7.21. The Kier molecular flexibility index (Phi) is 4.03. The van der Waals surface area contributed by atoms with Crippen LogP contribution in [0.1, 0.15) is 11.6 Å². The van der Waals surface area contributed by atoms with Crippen molar-refractivity contribution in [1.29, 1.82) is 0 Å². The van der Waals surface area contributed by atoms with Gasteiger partial charge in [-0.15, -0.1) is 15.3 Å². The second-order valence-corrected chi connectivity index (χ2v) is 14.0. The first-order valence-corrected chi connectivity index (χ1v) is 14.1. The van der Waals surface area contributed by atoms with Crippen molar-refractivity contribution in [3.8, 4) is 0 Å². The molecule has 0 aromatic carbocycles. The molecule has 0 saturated heterocycles. The van der Waals surface area contributed by atoms with Gasteiger partial charge >= 0.3 is 0 Å². The fourth-order valence-corrected chi connectivity index (χ4v) is 13.2. The van der Waals surface area contributed by atoms with Gasteiger partial charge in [-0.2, -0.15) is 20.6 Å². The van der Waals surface area contributed by atoms with Gasteiger partial charge in [-0.05, 0) is 23.4 Å². The molecule has 0 radical (unpaired) electrons. The number of nitrogens with zero attached hydrogens (tertiary/aromatic N) is 10. The van der Waals surface area contributed by atoms with E-state index in [9.17, 15) is 0 Å². The Balaban J connectivity index is 1.80. The highest BCUT2D eigenvalue weighted by molar-refractivity contribution is 8.71. The highest BCUT2D eigenvalue weighted by atomic mass is 32.4. The third-order valence-electron chi connectivity index (χ3n) is 7.15. The second kappa shape index (κ2) is 7.32. The second-order valence-electron chi connectivity index (χ2n) is 8.68. The van der Waals surface area contributed by atoms with Gasteiger partial charge in [0.15, 0.2) is 5.16 Å². The van der Waals surface area contributed by atoms with Crippen LogP contribution >= 0.6 is 8.48 Å². The van der Waals surface area contributed by atoms with E-state index in [2.05, 4.69) is 61.6 Å². The lowest BCUT2D eigenvalue weighted by Gasteiger charge is -2.73. The number of anilines is 1. The summed E-state index contributed by atoms with van der Waals surface area (Å²) in [5, 5.41) is 41.0. The van der Waals surface area contributed by atoms with Crippen LogP contribution < -0.4 is 9.84 Å². The Bertz CT molecular complexity index is 1750. The quantitative estimate of drug-likeness (QED) is 0.164. The highest BCUT2D eigenvalue weighted by Crippen LogP contribution is 3.12. The van der Waals surface area contributed by atoms with Crippen LogP contribution in [0.3, 0.4) is 0 Å². The zero-order valence-electron chi connectivity index (χ0n) is 20.1. The molecule has 8 heterocycles. The summed E-state index contributed by atoms with van der Waals surface area (Å²) >= 11 is 0. The smallest absolute Gasteiger partial charge is 0.237 e. The first-order chi connectivity index (χ1) is 19.8. The average molecular weight is 559 g/mol. The fourth-order valence-electron chi connectivity index (χ4n) is 5.73. The van der Waals surface area contributed by atoms with E-state index in [1.807, 2.05) is 16.5 Å². The minimum absolute atomic E-state index is 0.141. The van der Waals surface area contributed by atoms with Crippen molar-refractivity contribution in [2.75, 3.05) is 4.41 Å². The van der Waals surface area contributed by atoms with Crippen LogP contribution in [0.15, 0.2) is 103 Å². The van der Waals surface area contributed by atoms with E-state index in [4.69, 9.17) is 24.1 Å². The highest BCUT2D eigenvalue weighted by Gasteiger charge is 2.85. The maximum absolute atomic E-state index is 6.11. The Hall–Kier alpha value is -5.98. The zero-order valence-corrected chi connectivity index (χ0v) is 20.9. The van der Waals surface area contributed by atoms with E-state index in [1.165, 1.54) is 18.7 Å². The Morgan fingerprint density at radius 3 is 2.55 bits per heavy atom. The molecule has 7 aromatic rings. The van der Waals surface area contributed by atoms with Gasteiger partial charge < -0.3 is 18.9 Å². The molecule has 0 bridgehead atoms. The number of H-pyrrole nitrogens is 5. The summed E-state index contributed by atoms with van der Waals surface area (Å²) in [6.45, 7) is 0. The first-order valence-electron chi connectivity index (χ1n) is 11.7. The van der Waals surface area contributed by atoms with Gasteiger partial charge in [0, 0.05) is 39.3 Å². The summed E-state index contributed by atoms with van der Waals surface area (Å²) in [5.41, 5.74) is 4.42. The largest absolute Gasteiger partial charge is 0.444 e. The molecule has 0 unspecified atom stereocenters. The van der Waals surface area contributed by atoms with E-state index in [0.29, 0.717) is 37.3 Å². The molecule has 8 rings (SSSR count). The van der Waals surface area contributed by atoms with E-state index in [0.717, 1.165) is 0 Å². The van der Waals surface area contributed by atoms with Crippen LogP contribution in [0.5, 0.6) is 0 Å². The number of rotatable bonds is 7. The third kappa shape index (κ3) is 2.04. The summed E-state index contributed by atoms with van der Waals surface area (Å²) in [6.07, 6.45) is 12.7. The molecule has 7 aromatic heterocycles. The number of aromatic amines is 5. The van der Waals surface area contributed by atoms with Crippen LogP contribution in [-0.2, 0) is 0 Å². The lowest BCUT2D eigenvalue weighted by Crippen LogP contribution is -2.55. The van der Waals surface area contributed by atoms with Crippen LogP contribution in [-0.4, -0.2) is 71.3 Å². The molecule has 200 valence electrons. The Labute approximate surface area is 221 Å². The number of imidazole rings is 1. The van der Waals surface area contributed by atoms with Crippen molar-refractivity contribution >= 4 is 24.9 Å². The van der Waals surface area contributed by atoms with Gasteiger partial charge in [0.05, 0.1) is 17.4 Å². The molecule has 1 aliphatic rings. The Morgan fingerprint density at radius 1 is 0.900 bits per heavy atom. The third-order valence-corrected chi connectivity index (χ3v) is 14.5. The summed E-state index contributed by atoms with van der Waals surface area (Å²) < 4.78 is 13.3. The van der Waals surface area contributed by atoms with Gasteiger partial charge in [0.2, 0.25) is 11.0 Å².